The number of carbonyl (C=O) groups is 1. The van der Waals surface area contributed by atoms with E-state index in [1.807, 2.05) is 12.1 Å². The predicted molar refractivity (Wildman–Crippen MR) is 105 cm³/mol. The van der Waals surface area contributed by atoms with Crippen LogP contribution in [0.4, 0.5) is 17.6 Å². The van der Waals surface area contributed by atoms with E-state index in [1.54, 1.807) is 25.1 Å². The van der Waals surface area contributed by atoms with E-state index in [-0.39, 0.29) is 18.8 Å². The monoisotopic (exact) mass is 448 g/mol. The number of aliphatic carboxylic acids is 1. The maximum absolute atomic E-state index is 13.9. The van der Waals surface area contributed by atoms with Crippen LogP contribution in [0.2, 0.25) is 0 Å². The van der Waals surface area contributed by atoms with Crippen molar-refractivity contribution in [3.8, 4) is 11.6 Å². The fourth-order valence-corrected chi connectivity index (χ4v) is 3.26. The van der Waals surface area contributed by atoms with E-state index in [4.69, 9.17) is 4.74 Å². The molecule has 0 unspecified atom stereocenters. The molecule has 0 radical (unpaired) electrons. The molecule has 166 valence electrons. The number of hydrogen-bond acceptors (Lipinski definition) is 4. The summed E-state index contributed by atoms with van der Waals surface area (Å²) >= 11 is 0. The Bertz CT molecular complexity index is 1310. The van der Waals surface area contributed by atoms with Gasteiger partial charge in [0.2, 0.25) is 0 Å². The second kappa shape index (κ2) is 7.98. The molecule has 1 N–H and O–H groups in total. The van der Waals surface area contributed by atoms with Gasteiger partial charge in [-0.3, -0.25) is 4.79 Å². The molecule has 0 amide bonds. The van der Waals surface area contributed by atoms with Gasteiger partial charge in [0, 0.05) is 17.5 Å². The van der Waals surface area contributed by atoms with Crippen molar-refractivity contribution in [2.24, 2.45) is 0 Å². The van der Waals surface area contributed by atoms with Crippen LogP contribution in [0.25, 0.3) is 16.6 Å². The van der Waals surface area contributed by atoms with Gasteiger partial charge in [0.15, 0.2) is 5.88 Å². The van der Waals surface area contributed by atoms with E-state index < -0.39 is 23.5 Å². The van der Waals surface area contributed by atoms with Gasteiger partial charge in [-0.2, -0.15) is 23.1 Å². The molecule has 4 aromatic rings. The molecule has 2 aromatic carbocycles. The van der Waals surface area contributed by atoms with Gasteiger partial charge in [-0.1, -0.05) is 18.2 Å². The van der Waals surface area contributed by atoms with E-state index in [9.17, 15) is 27.5 Å². The van der Waals surface area contributed by atoms with Gasteiger partial charge in [-0.05, 0) is 25.1 Å². The summed E-state index contributed by atoms with van der Waals surface area (Å²) < 4.78 is 59.5. The molecule has 2 aromatic heterocycles. The maximum Gasteiger partial charge on any atom is 0.419 e. The number of carboxylic acids is 1. The number of halogens is 4. The molecule has 11 heteroatoms. The van der Waals surface area contributed by atoms with E-state index in [2.05, 4.69) is 10.2 Å². The van der Waals surface area contributed by atoms with E-state index in [0.717, 1.165) is 16.2 Å². The molecule has 0 aliphatic rings. The number of fused-ring (bicyclic) bond motifs is 1. The van der Waals surface area contributed by atoms with Gasteiger partial charge in [0.25, 0.3) is 0 Å². The normalized spacial score (nSPS) is 11.8. The number of aromatic nitrogens is 4. The average Bonchev–Trinajstić information content (AvgIpc) is 3.25. The molecule has 0 fully saturated rings. The number of nitrogens with zero attached hydrogens (tertiary/aromatic N) is 4. The van der Waals surface area contributed by atoms with Crippen LogP contribution in [0.5, 0.6) is 5.88 Å². The highest BCUT2D eigenvalue weighted by Crippen LogP contribution is 2.32. The van der Waals surface area contributed by atoms with E-state index in [0.29, 0.717) is 34.9 Å². The number of para-hydroxylation sites is 1. The average molecular weight is 448 g/mol. The van der Waals surface area contributed by atoms with Crippen molar-refractivity contribution < 1.29 is 32.2 Å². The first kappa shape index (κ1) is 21.3. The Kier molecular flexibility index (Phi) is 5.33. The van der Waals surface area contributed by atoms with Crippen molar-refractivity contribution in [1.29, 1.82) is 0 Å². The van der Waals surface area contributed by atoms with Crippen LogP contribution in [0.1, 0.15) is 17.0 Å². The fourth-order valence-electron chi connectivity index (χ4n) is 3.26. The van der Waals surface area contributed by atoms with Gasteiger partial charge >= 0.3 is 12.1 Å². The fraction of sp³-hybridized carbons (Fsp3) is 0.190. The van der Waals surface area contributed by atoms with Crippen LogP contribution >= 0.6 is 0 Å². The third-order valence-electron chi connectivity index (χ3n) is 4.79. The Hall–Kier alpha value is -3.89. The topological polar surface area (TPSA) is 82.2 Å². The minimum absolute atomic E-state index is 0.0184. The minimum Gasteiger partial charge on any atom is -0.480 e. The summed E-state index contributed by atoms with van der Waals surface area (Å²) in [5.41, 5.74) is 0.110. The molecule has 0 bridgehead atoms. The van der Waals surface area contributed by atoms with Crippen molar-refractivity contribution >= 4 is 16.9 Å². The largest absolute Gasteiger partial charge is 0.480 e. The summed E-state index contributed by atoms with van der Waals surface area (Å²) in [5.74, 6) is -2.16. The van der Waals surface area contributed by atoms with Crippen LogP contribution in [-0.2, 0) is 24.1 Å². The van der Waals surface area contributed by atoms with Gasteiger partial charge in [-0.15, -0.1) is 5.10 Å². The second-order valence-corrected chi connectivity index (χ2v) is 6.99. The molecular weight excluding hydrogens is 432 g/mol. The lowest BCUT2D eigenvalue weighted by molar-refractivity contribution is -0.140. The maximum atomic E-state index is 13.9. The predicted octanol–water partition coefficient (Wildman–Crippen LogP) is 4.35. The Balaban J connectivity index is 1.59. The molecule has 0 atom stereocenters. The smallest absolute Gasteiger partial charge is 0.419 e. The van der Waals surface area contributed by atoms with Gasteiger partial charge in [0.05, 0.1) is 22.5 Å². The lowest BCUT2D eigenvalue weighted by atomic mass is 10.2. The van der Waals surface area contributed by atoms with E-state index in [1.165, 1.54) is 4.57 Å². The molecule has 32 heavy (non-hydrogen) atoms. The second-order valence-electron chi connectivity index (χ2n) is 6.99. The molecule has 0 aliphatic carbocycles. The lowest BCUT2D eigenvalue weighted by Crippen LogP contribution is -2.11. The van der Waals surface area contributed by atoms with E-state index >= 15 is 0 Å². The highest BCUT2D eigenvalue weighted by atomic mass is 19.4. The Morgan fingerprint density at radius 2 is 1.88 bits per heavy atom. The molecule has 0 saturated carbocycles. The molecular formula is C21H16F4N4O3. The number of hydrogen-bond donors (Lipinski definition) is 1. The molecule has 0 spiro atoms. The van der Waals surface area contributed by atoms with Crippen molar-refractivity contribution in [1.82, 2.24) is 19.6 Å². The number of benzene rings is 2. The number of aryl methyl sites for hydroxylation is 1. The molecule has 7 nitrogen and oxygen atoms in total. The zero-order valence-electron chi connectivity index (χ0n) is 16.6. The SMILES string of the molecule is Cc1nn(-c2ccc(C(F)(F)F)c(F)c2)nc1COc1cc2ccccc2n1CC(=O)O. The number of ether oxygens (including phenoxy) is 1. The molecule has 2 heterocycles. The number of alkyl halides is 3. The van der Waals surface area contributed by atoms with Crippen LogP contribution in [0, 0.1) is 12.7 Å². The number of carboxylic acid groups (broad SMARTS) is 1. The Morgan fingerprint density at radius 3 is 2.56 bits per heavy atom. The zero-order chi connectivity index (χ0) is 23.0. The van der Waals surface area contributed by atoms with Crippen molar-refractivity contribution in [2.75, 3.05) is 0 Å². The Morgan fingerprint density at radius 1 is 1.12 bits per heavy atom. The van der Waals surface area contributed by atoms with Crippen molar-refractivity contribution in [3.63, 3.8) is 0 Å². The summed E-state index contributed by atoms with van der Waals surface area (Å²) in [6.45, 7) is 1.24. The van der Waals surface area contributed by atoms with Crippen LogP contribution in [0.15, 0.2) is 48.5 Å². The third kappa shape index (κ3) is 4.13. The molecule has 0 aliphatic heterocycles. The van der Waals surface area contributed by atoms with Crippen LogP contribution in [0.3, 0.4) is 0 Å². The third-order valence-corrected chi connectivity index (χ3v) is 4.79. The van der Waals surface area contributed by atoms with Crippen LogP contribution in [-0.4, -0.2) is 30.6 Å². The van der Waals surface area contributed by atoms with Gasteiger partial charge < -0.3 is 14.4 Å². The summed E-state index contributed by atoms with van der Waals surface area (Å²) in [7, 11) is 0. The summed E-state index contributed by atoms with van der Waals surface area (Å²) in [4.78, 5) is 12.3. The first-order valence-electron chi connectivity index (χ1n) is 9.36. The van der Waals surface area contributed by atoms with Gasteiger partial charge in [0.1, 0.15) is 24.7 Å². The van der Waals surface area contributed by atoms with Crippen molar-refractivity contribution in [3.05, 3.63) is 71.3 Å². The molecule has 0 saturated heterocycles. The summed E-state index contributed by atoms with van der Waals surface area (Å²) in [6.07, 6.45) is -4.80. The summed E-state index contributed by atoms with van der Waals surface area (Å²) in [6, 6.07) is 11.3. The van der Waals surface area contributed by atoms with Crippen molar-refractivity contribution in [2.45, 2.75) is 26.3 Å². The highest BCUT2D eigenvalue weighted by molar-refractivity contribution is 5.84. The first-order valence-corrected chi connectivity index (χ1v) is 9.36. The highest BCUT2D eigenvalue weighted by Gasteiger charge is 2.34. The molecule has 4 rings (SSSR count). The van der Waals surface area contributed by atoms with Gasteiger partial charge in [-0.25, -0.2) is 4.39 Å². The first-order chi connectivity index (χ1) is 15.1. The quantitative estimate of drug-likeness (QED) is 0.444. The number of rotatable bonds is 6. The standard InChI is InChI=1S/C21H16F4N4O3/c1-12-17(27-29(26-12)14-6-7-15(16(22)9-14)21(23,24)25)11-32-19-8-13-4-2-3-5-18(13)28(19)10-20(30)31/h2-9H,10-11H2,1H3,(H,30,31). The lowest BCUT2D eigenvalue weighted by Gasteiger charge is -2.09. The van der Waals surface area contributed by atoms with Crippen LogP contribution < -0.4 is 4.74 Å². The zero-order valence-corrected chi connectivity index (χ0v) is 16.6. The Labute approximate surface area is 178 Å². The minimum atomic E-state index is -4.80. The summed E-state index contributed by atoms with van der Waals surface area (Å²) in [5, 5.41) is 18.3.